The molecule has 2 N–H and O–H groups in total. The summed E-state index contributed by atoms with van der Waals surface area (Å²) < 4.78 is 111. The third kappa shape index (κ3) is 4.66. The molecule has 0 bridgehead atoms. The van der Waals surface area contributed by atoms with Crippen LogP contribution in [0.3, 0.4) is 0 Å². The highest BCUT2D eigenvalue weighted by atomic mass is 32.2. The maximum absolute atomic E-state index is 14.7. The summed E-state index contributed by atoms with van der Waals surface area (Å²) in [5.41, 5.74) is -0.839. The number of nitrogens with zero attached hydrogens (tertiary/aromatic N) is 1. The van der Waals surface area contributed by atoms with Crippen molar-refractivity contribution in [3.05, 3.63) is 53.3 Å². The molecule has 6 nitrogen and oxygen atoms in total. The van der Waals surface area contributed by atoms with Crippen LogP contribution in [-0.4, -0.2) is 19.9 Å². The Kier molecular flexibility index (Phi) is 5.76. The lowest BCUT2D eigenvalue weighted by Gasteiger charge is -2.12. The van der Waals surface area contributed by atoms with Crippen LogP contribution in [0.2, 0.25) is 0 Å². The molecular weight excluding hydrogens is 454 g/mol. The highest BCUT2D eigenvalue weighted by Gasteiger charge is 2.32. The molecule has 0 spiro atoms. The van der Waals surface area contributed by atoms with Crippen LogP contribution in [0.15, 0.2) is 39.8 Å². The molecule has 3 aromatic rings. The number of nitrogens with two attached hydrogens (primary N) is 1. The lowest BCUT2D eigenvalue weighted by Crippen LogP contribution is -2.17. The number of alkyl halides is 4. The SMILES string of the molecule is Cc1cc(OC(F)(F)F)ccc1-c1noc(CF)c1-c1cc(F)c(S(N)(=O)=O)cc1F. The third-order valence-electron chi connectivity index (χ3n) is 4.17. The van der Waals surface area contributed by atoms with Gasteiger partial charge in [0, 0.05) is 11.1 Å². The lowest BCUT2D eigenvalue weighted by atomic mass is 9.96. The van der Waals surface area contributed by atoms with Gasteiger partial charge in [-0.15, -0.1) is 13.2 Å². The molecule has 3 rings (SSSR count). The molecule has 166 valence electrons. The molecule has 0 unspecified atom stereocenters. The summed E-state index contributed by atoms with van der Waals surface area (Å²) >= 11 is 0. The van der Waals surface area contributed by atoms with Crippen LogP contribution in [-0.2, 0) is 16.7 Å². The Labute approximate surface area is 171 Å². The van der Waals surface area contributed by atoms with E-state index in [0.29, 0.717) is 12.1 Å². The van der Waals surface area contributed by atoms with Crippen molar-refractivity contribution >= 4 is 10.0 Å². The van der Waals surface area contributed by atoms with Crippen molar-refractivity contribution in [2.75, 3.05) is 0 Å². The minimum atomic E-state index is -4.93. The zero-order valence-electron chi connectivity index (χ0n) is 15.4. The molecule has 0 saturated carbocycles. The van der Waals surface area contributed by atoms with Gasteiger partial charge < -0.3 is 9.26 Å². The number of benzene rings is 2. The van der Waals surface area contributed by atoms with Crippen molar-refractivity contribution < 1.29 is 44.0 Å². The standard InChI is InChI=1S/C18H12F6N2O4S/c1-8-4-9(29-18(22,23)24)2-3-10(8)17-16(14(7-19)30-26-17)11-5-13(21)15(6-12(11)20)31(25,27)28/h2-6H,7H2,1H3,(H2,25,27,28). The fraction of sp³-hybridized carbons (Fsp3) is 0.167. The van der Waals surface area contributed by atoms with Gasteiger partial charge in [0.1, 0.15) is 28.0 Å². The number of sulfonamides is 1. The number of aryl methyl sites for hydroxylation is 1. The number of halogens is 6. The average Bonchev–Trinajstić information content (AvgIpc) is 3.04. The van der Waals surface area contributed by atoms with E-state index in [4.69, 9.17) is 9.66 Å². The van der Waals surface area contributed by atoms with Crippen LogP contribution in [0.25, 0.3) is 22.4 Å². The first-order chi connectivity index (χ1) is 14.3. The van der Waals surface area contributed by atoms with Crippen LogP contribution in [0, 0.1) is 18.6 Å². The molecule has 0 amide bonds. The van der Waals surface area contributed by atoms with Crippen LogP contribution in [0.5, 0.6) is 5.75 Å². The number of aromatic nitrogens is 1. The summed E-state index contributed by atoms with van der Waals surface area (Å²) in [6.45, 7) is 0.0990. The van der Waals surface area contributed by atoms with E-state index in [1.165, 1.54) is 6.92 Å². The second-order valence-electron chi connectivity index (χ2n) is 6.30. The van der Waals surface area contributed by atoms with Crippen molar-refractivity contribution in [2.24, 2.45) is 5.14 Å². The molecule has 0 aliphatic rings. The van der Waals surface area contributed by atoms with Crippen LogP contribution >= 0.6 is 0 Å². The summed E-state index contributed by atoms with van der Waals surface area (Å²) in [6.07, 6.45) is -4.93. The van der Waals surface area contributed by atoms with E-state index in [0.717, 1.165) is 18.2 Å². The van der Waals surface area contributed by atoms with E-state index in [1.54, 1.807) is 0 Å². The lowest BCUT2D eigenvalue weighted by molar-refractivity contribution is -0.274. The Morgan fingerprint density at radius 2 is 1.77 bits per heavy atom. The molecular formula is C18H12F6N2O4S. The quantitative estimate of drug-likeness (QED) is 0.554. The molecule has 31 heavy (non-hydrogen) atoms. The predicted molar refractivity (Wildman–Crippen MR) is 94.9 cm³/mol. The summed E-state index contributed by atoms with van der Waals surface area (Å²) in [6, 6.07) is 3.92. The average molecular weight is 466 g/mol. The number of primary sulfonamides is 1. The third-order valence-corrected chi connectivity index (χ3v) is 5.09. The first-order valence-corrected chi connectivity index (χ1v) is 9.80. The van der Waals surface area contributed by atoms with E-state index >= 15 is 0 Å². The molecule has 0 radical (unpaired) electrons. The zero-order chi connectivity index (χ0) is 23.1. The first kappa shape index (κ1) is 22.6. The molecule has 0 aliphatic carbocycles. The van der Waals surface area contributed by atoms with Gasteiger partial charge in [0.15, 0.2) is 12.4 Å². The number of hydrogen-bond donors (Lipinski definition) is 1. The highest BCUT2D eigenvalue weighted by molar-refractivity contribution is 7.89. The van der Waals surface area contributed by atoms with Crippen LogP contribution in [0.1, 0.15) is 11.3 Å². The van der Waals surface area contributed by atoms with Gasteiger partial charge in [-0.2, -0.15) is 0 Å². The van der Waals surface area contributed by atoms with Crippen molar-refractivity contribution in [2.45, 2.75) is 24.9 Å². The Morgan fingerprint density at radius 1 is 1.10 bits per heavy atom. The molecule has 2 aromatic carbocycles. The van der Waals surface area contributed by atoms with Gasteiger partial charge in [0.2, 0.25) is 10.0 Å². The molecule has 0 atom stereocenters. The van der Waals surface area contributed by atoms with E-state index in [1.807, 2.05) is 0 Å². The Bertz CT molecular complexity index is 1250. The van der Waals surface area contributed by atoms with E-state index in [-0.39, 0.29) is 22.4 Å². The maximum atomic E-state index is 14.7. The normalized spacial score (nSPS) is 12.3. The monoisotopic (exact) mass is 466 g/mol. The van der Waals surface area contributed by atoms with E-state index in [2.05, 4.69) is 9.89 Å². The molecule has 1 aromatic heterocycles. The Hall–Kier alpha value is -3.06. The fourth-order valence-electron chi connectivity index (χ4n) is 2.91. The predicted octanol–water partition coefficient (Wildman–Crippen LogP) is 4.61. The zero-order valence-corrected chi connectivity index (χ0v) is 16.2. The van der Waals surface area contributed by atoms with Gasteiger partial charge in [0.25, 0.3) is 0 Å². The smallest absolute Gasteiger partial charge is 0.406 e. The minimum absolute atomic E-state index is 0.114. The van der Waals surface area contributed by atoms with E-state index in [9.17, 15) is 34.8 Å². The van der Waals surface area contributed by atoms with Gasteiger partial charge >= 0.3 is 6.36 Å². The summed E-state index contributed by atoms with van der Waals surface area (Å²) in [5.74, 6) is -3.72. The van der Waals surface area contributed by atoms with Gasteiger partial charge in [-0.1, -0.05) is 5.16 Å². The molecule has 0 aliphatic heterocycles. The van der Waals surface area contributed by atoms with Gasteiger partial charge in [-0.05, 0) is 42.8 Å². The van der Waals surface area contributed by atoms with Crippen molar-refractivity contribution in [3.8, 4) is 28.1 Å². The van der Waals surface area contributed by atoms with Crippen LogP contribution in [0.4, 0.5) is 26.3 Å². The number of rotatable bonds is 5. The molecule has 0 saturated heterocycles. The second-order valence-corrected chi connectivity index (χ2v) is 7.82. The first-order valence-electron chi connectivity index (χ1n) is 8.25. The van der Waals surface area contributed by atoms with Crippen LogP contribution < -0.4 is 9.88 Å². The number of hydrogen-bond acceptors (Lipinski definition) is 5. The minimum Gasteiger partial charge on any atom is -0.406 e. The summed E-state index contributed by atoms with van der Waals surface area (Å²) in [4.78, 5) is -1.11. The molecule has 1 heterocycles. The second kappa shape index (κ2) is 7.89. The van der Waals surface area contributed by atoms with Gasteiger partial charge in [-0.3, -0.25) is 0 Å². The fourth-order valence-corrected chi connectivity index (χ4v) is 3.51. The summed E-state index contributed by atoms with van der Waals surface area (Å²) in [5, 5.41) is 8.46. The van der Waals surface area contributed by atoms with Gasteiger partial charge in [-0.25, -0.2) is 26.7 Å². The largest absolute Gasteiger partial charge is 0.573 e. The van der Waals surface area contributed by atoms with Crippen molar-refractivity contribution in [1.82, 2.24) is 5.16 Å². The van der Waals surface area contributed by atoms with Crippen molar-refractivity contribution in [3.63, 3.8) is 0 Å². The number of ether oxygens (including phenoxy) is 1. The topological polar surface area (TPSA) is 95.4 Å². The molecule has 0 fully saturated rings. The van der Waals surface area contributed by atoms with Gasteiger partial charge in [0.05, 0.1) is 5.56 Å². The maximum Gasteiger partial charge on any atom is 0.573 e. The van der Waals surface area contributed by atoms with E-state index < -0.39 is 56.7 Å². The Morgan fingerprint density at radius 3 is 2.32 bits per heavy atom. The summed E-state index contributed by atoms with van der Waals surface area (Å²) in [7, 11) is -4.58. The van der Waals surface area contributed by atoms with Crippen molar-refractivity contribution in [1.29, 1.82) is 0 Å². The Balaban J connectivity index is 2.18. The molecule has 13 heteroatoms. The highest BCUT2D eigenvalue weighted by Crippen LogP contribution is 2.40.